The molecule has 0 bridgehead atoms. The lowest BCUT2D eigenvalue weighted by Crippen LogP contribution is -2.31. The third-order valence-electron chi connectivity index (χ3n) is 3.49. The number of aromatic amines is 1. The van der Waals surface area contributed by atoms with E-state index in [2.05, 4.69) is 37.8 Å². The van der Waals surface area contributed by atoms with E-state index in [1.807, 2.05) is 12.1 Å². The largest absolute Gasteiger partial charge is 0.361 e. The predicted molar refractivity (Wildman–Crippen MR) is 113 cm³/mol. The van der Waals surface area contributed by atoms with Crippen LogP contribution < -0.4 is 16.2 Å². The van der Waals surface area contributed by atoms with E-state index in [4.69, 9.17) is 23.8 Å². The molecule has 2 heterocycles. The van der Waals surface area contributed by atoms with E-state index in [9.17, 15) is 4.79 Å². The summed E-state index contributed by atoms with van der Waals surface area (Å²) in [5.41, 5.74) is 1.22. The van der Waals surface area contributed by atoms with Gasteiger partial charge in [0.2, 0.25) is 0 Å². The Morgan fingerprint density at radius 3 is 3.07 bits per heavy atom. The number of hydrogen-bond acceptors (Lipinski definition) is 6. The summed E-state index contributed by atoms with van der Waals surface area (Å²) < 4.78 is 1.59. The molecule has 142 valence electrons. The molecule has 3 rings (SSSR count). The van der Waals surface area contributed by atoms with Crippen LogP contribution in [0.3, 0.4) is 0 Å². The van der Waals surface area contributed by atoms with E-state index in [1.165, 1.54) is 11.8 Å². The molecule has 11 heteroatoms. The van der Waals surface area contributed by atoms with Gasteiger partial charge in [-0.3, -0.25) is 9.78 Å². The summed E-state index contributed by atoms with van der Waals surface area (Å²) in [7, 11) is 0. The first-order valence-corrected chi connectivity index (χ1v) is 10.1. The summed E-state index contributed by atoms with van der Waals surface area (Å²) in [6, 6.07) is 7.29. The number of thiocarbonyl (C=S) groups is 1. The van der Waals surface area contributed by atoms with E-state index in [1.54, 1.807) is 16.8 Å². The lowest BCUT2D eigenvalue weighted by atomic mass is 10.3. The zero-order valence-electron chi connectivity index (χ0n) is 14.5. The summed E-state index contributed by atoms with van der Waals surface area (Å²) in [6.07, 6.45) is 0.991. The van der Waals surface area contributed by atoms with Crippen molar-refractivity contribution in [2.45, 2.75) is 25.0 Å². The SMILES string of the molecule is CCCSc1nc2c(nnn2CCNC(=S)Nc2cccc(Cl)c2)c(=O)[nH]1. The molecule has 8 nitrogen and oxygen atoms in total. The van der Waals surface area contributed by atoms with Gasteiger partial charge < -0.3 is 10.6 Å². The number of anilines is 1. The summed E-state index contributed by atoms with van der Waals surface area (Å²) in [6.45, 7) is 3.03. The molecule has 2 aromatic heterocycles. The standard InChI is InChI=1S/C16H18ClN7OS2/c1-2-8-27-16-20-13-12(14(25)21-16)22-23-24(13)7-6-18-15(26)19-11-5-3-4-10(17)9-11/h3-5,9H,2,6-8H2,1H3,(H2,18,19,26)(H,20,21,25). The fourth-order valence-electron chi connectivity index (χ4n) is 2.28. The number of nitrogens with one attached hydrogen (secondary N) is 3. The molecular formula is C16H18ClN7OS2. The Morgan fingerprint density at radius 1 is 1.44 bits per heavy atom. The van der Waals surface area contributed by atoms with Crippen LogP contribution in [-0.4, -0.2) is 42.4 Å². The fourth-order valence-corrected chi connectivity index (χ4v) is 3.40. The minimum atomic E-state index is -0.282. The number of benzene rings is 1. The zero-order valence-corrected chi connectivity index (χ0v) is 16.9. The molecule has 3 N–H and O–H groups in total. The Kier molecular flexibility index (Phi) is 6.64. The van der Waals surface area contributed by atoms with Gasteiger partial charge in [-0.05, 0) is 36.8 Å². The molecule has 0 spiro atoms. The van der Waals surface area contributed by atoms with Crippen LogP contribution in [0.5, 0.6) is 0 Å². The molecule has 0 fully saturated rings. The third kappa shape index (κ3) is 5.18. The normalized spacial score (nSPS) is 10.9. The van der Waals surface area contributed by atoms with Crippen molar-refractivity contribution in [1.82, 2.24) is 30.3 Å². The van der Waals surface area contributed by atoms with Crippen molar-refractivity contribution in [3.63, 3.8) is 0 Å². The first kappa shape index (κ1) is 19.6. The van der Waals surface area contributed by atoms with Crippen molar-refractivity contribution >= 4 is 57.5 Å². The van der Waals surface area contributed by atoms with E-state index in [0.29, 0.717) is 34.0 Å². The number of fused-ring (bicyclic) bond motifs is 1. The monoisotopic (exact) mass is 423 g/mol. The van der Waals surface area contributed by atoms with E-state index >= 15 is 0 Å². The Morgan fingerprint density at radius 2 is 2.30 bits per heavy atom. The van der Waals surface area contributed by atoms with Crippen LogP contribution in [-0.2, 0) is 6.54 Å². The molecule has 0 amide bonds. The second-order valence-corrected chi connectivity index (χ2v) is 7.52. The van der Waals surface area contributed by atoms with E-state index in [-0.39, 0.29) is 11.1 Å². The lowest BCUT2D eigenvalue weighted by Gasteiger charge is -2.10. The van der Waals surface area contributed by atoms with Crippen LogP contribution in [0.2, 0.25) is 5.02 Å². The van der Waals surface area contributed by atoms with Crippen molar-refractivity contribution in [2.24, 2.45) is 0 Å². The van der Waals surface area contributed by atoms with Crippen molar-refractivity contribution in [1.29, 1.82) is 0 Å². The minimum absolute atomic E-state index is 0.232. The van der Waals surface area contributed by atoms with Gasteiger partial charge in [0, 0.05) is 23.0 Å². The Balaban J connectivity index is 1.62. The topological polar surface area (TPSA) is 101 Å². The average molecular weight is 424 g/mol. The maximum absolute atomic E-state index is 12.1. The molecule has 3 aromatic rings. The highest BCUT2D eigenvalue weighted by molar-refractivity contribution is 7.99. The highest BCUT2D eigenvalue weighted by Crippen LogP contribution is 2.15. The fraction of sp³-hybridized carbons (Fsp3) is 0.312. The van der Waals surface area contributed by atoms with E-state index in [0.717, 1.165) is 17.9 Å². The number of rotatable bonds is 7. The van der Waals surface area contributed by atoms with Gasteiger partial charge in [-0.2, -0.15) is 0 Å². The van der Waals surface area contributed by atoms with Gasteiger partial charge in [-0.25, -0.2) is 9.67 Å². The molecule has 0 aliphatic heterocycles. The Bertz CT molecular complexity index is 1000. The molecule has 1 aromatic carbocycles. The van der Waals surface area contributed by atoms with Crippen LogP contribution in [0.15, 0.2) is 34.2 Å². The first-order chi connectivity index (χ1) is 13.1. The van der Waals surface area contributed by atoms with Gasteiger partial charge in [0.15, 0.2) is 21.4 Å². The highest BCUT2D eigenvalue weighted by atomic mass is 35.5. The van der Waals surface area contributed by atoms with E-state index < -0.39 is 0 Å². The zero-order chi connectivity index (χ0) is 19.2. The van der Waals surface area contributed by atoms with Crippen LogP contribution in [0.1, 0.15) is 13.3 Å². The van der Waals surface area contributed by atoms with Crippen LogP contribution >= 0.6 is 35.6 Å². The summed E-state index contributed by atoms with van der Waals surface area (Å²) in [5.74, 6) is 0.876. The maximum atomic E-state index is 12.1. The third-order valence-corrected chi connectivity index (χ3v) is 5.05. The average Bonchev–Trinajstić information content (AvgIpc) is 3.03. The molecule has 0 atom stereocenters. The number of aromatic nitrogens is 5. The van der Waals surface area contributed by atoms with Gasteiger partial charge >= 0.3 is 0 Å². The van der Waals surface area contributed by atoms with Crippen molar-refractivity contribution in [3.05, 3.63) is 39.6 Å². The number of halogens is 1. The van der Waals surface area contributed by atoms with Crippen LogP contribution in [0.4, 0.5) is 5.69 Å². The van der Waals surface area contributed by atoms with Crippen molar-refractivity contribution < 1.29 is 0 Å². The minimum Gasteiger partial charge on any atom is -0.361 e. The quantitative estimate of drug-likeness (QED) is 0.303. The summed E-state index contributed by atoms with van der Waals surface area (Å²) >= 11 is 12.7. The van der Waals surface area contributed by atoms with Gasteiger partial charge in [0.05, 0.1) is 6.54 Å². The molecule has 27 heavy (non-hydrogen) atoms. The number of thioether (sulfide) groups is 1. The number of nitrogens with zero attached hydrogens (tertiary/aromatic N) is 4. The molecule has 0 unspecified atom stereocenters. The smallest absolute Gasteiger partial charge is 0.281 e. The van der Waals surface area contributed by atoms with Gasteiger partial charge in [-0.1, -0.05) is 41.6 Å². The number of hydrogen-bond donors (Lipinski definition) is 3. The molecule has 0 saturated heterocycles. The maximum Gasteiger partial charge on any atom is 0.281 e. The Hall–Kier alpha value is -2.17. The predicted octanol–water partition coefficient (Wildman–Crippen LogP) is 2.66. The second-order valence-electron chi connectivity index (χ2n) is 5.60. The molecule has 0 aliphatic rings. The first-order valence-electron chi connectivity index (χ1n) is 8.33. The molecular weight excluding hydrogens is 406 g/mol. The highest BCUT2D eigenvalue weighted by Gasteiger charge is 2.12. The molecule has 0 radical (unpaired) electrons. The Labute approximate surface area is 170 Å². The van der Waals surface area contributed by atoms with Crippen LogP contribution in [0.25, 0.3) is 11.2 Å². The van der Waals surface area contributed by atoms with Gasteiger partial charge in [0.25, 0.3) is 5.56 Å². The molecule has 0 aliphatic carbocycles. The summed E-state index contributed by atoms with van der Waals surface area (Å²) in [5, 5.41) is 15.8. The van der Waals surface area contributed by atoms with Gasteiger partial charge in [0.1, 0.15) is 0 Å². The lowest BCUT2D eigenvalue weighted by molar-refractivity contribution is 0.592. The number of H-pyrrole nitrogens is 1. The van der Waals surface area contributed by atoms with Crippen LogP contribution in [0, 0.1) is 0 Å². The second kappa shape index (κ2) is 9.16. The molecule has 0 saturated carbocycles. The van der Waals surface area contributed by atoms with Crippen molar-refractivity contribution in [3.8, 4) is 0 Å². The van der Waals surface area contributed by atoms with Crippen molar-refractivity contribution in [2.75, 3.05) is 17.6 Å². The van der Waals surface area contributed by atoms with Gasteiger partial charge in [-0.15, -0.1) is 5.10 Å². The summed E-state index contributed by atoms with van der Waals surface area (Å²) in [4.78, 5) is 19.3.